The van der Waals surface area contributed by atoms with Crippen LogP contribution in [0.2, 0.25) is 0 Å². The number of fused-ring (bicyclic) bond motifs is 2. The molecule has 2 bridgehead atoms. The van der Waals surface area contributed by atoms with Gasteiger partial charge in [0.25, 0.3) is 0 Å². The average Bonchev–Trinajstić information content (AvgIpc) is 3.30. The molecule has 4 fully saturated rings. The summed E-state index contributed by atoms with van der Waals surface area (Å²) in [6.45, 7) is 6.02. The summed E-state index contributed by atoms with van der Waals surface area (Å²) < 4.78 is 27.3. The van der Waals surface area contributed by atoms with E-state index in [1.807, 2.05) is 35.2 Å². The summed E-state index contributed by atoms with van der Waals surface area (Å²) in [4.78, 5) is 32.8. The topological polar surface area (TPSA) is 76.1 Å². The van der Waals surface area contributed by atoms with Crippen molar-refractivity contribution in [2.45, 2.75) is 107 Å². The van der Waals surface area contributed by atoms with Gasteiger partial charge in [-0.1, -0.05) is 30.3 Å². The number of benzene rings is 1. The zero-order chi connectivity index (χ0) is 27.8. The van der Waals surface area contributed by atoms with Crippen molar-refractivity contribution >= 4 is 11.9 Å². The van der Waals surface area contributed by atoms with Gasteiger partial charge >= 0.3 is 6.03 Å². The highest BCUT2D eigenvalue weighted by molar-refractivity contribution is 5.79. The van der Waals surface area contributed by atoms with Crippen LogP contribution in [0.3, 0.4) is 0 Å². The van der Waals surface area contributed by atoms with Crippen molar-refractivity contribution in [3.05, 3.63) is 35.9 Å². The number of hydrogen-bond acceptors (Lipinski definition) is 4. The summed E-state index contributed by atoms with van der Waals surface area (Å²) >= 11 is 0. The van der Waals surface area contributed by atoms with E-state index in [1.165, 1.54) is 0 Å². The van der Waals surface area contributed by atoms with E-state index in [9.17, 15) is 23.5 Å². The predicted octanol–water partition coefficient (Wildman–Crippen LogP) is 4.56. The van der Waals surface area contributed by atoms with E-state index >= 15 is 0 Å². The quantitative estimate of drug-likeness (QED) is 0.476. The lowest BCUT2D eigenvalue weighted by Crippen LogP contribution is -2.60. The predicted molar refractivity (Wildman–Crippen MR) is 145 cm³/mol. The van der Waals surface area contributed by atoms with Gasteiger partial charge in [-0.05, 0) is 64.4 Å². The number of hydrogen-bond donors (Lipinski definition) is 2. The van der Waals surface area contributed by atoms with E-state index in [0.717, 1.165) is 44.2 Å². The fourth-order valence-electron chi connectivity index (χ4n) is 7.90. The number of amides is 3. The number of piperidine rings is 1. The third-order valence-corrected chi connectivity index (χ3v) is 9.64. The molecule has 2 N–H and O–H groups in total. The Balaban J connectivity index is 1.26. The largest absolute Gasteiger partial charge is 0.395 e. The first-order valence-corrected chi connectivity index (χ1v) is 14.8. The molecule has 216 valence electrons. The van der Waals surface area contributed by atoms with Crippen LogP contribution in [-0.4, -0.2) is 87.6 Å². The lowest BCUT2D eigenvalue weighted by molar-refractivity contribution is -0.130. The molecule has 4 aliphatic rings. The van der Waals surface area contributed by atoms with E-state index in [1.54, 1.807) is 0 Å². The molecule has 1 aromatic rings. The highest BCUT2D eigenvalue weighted by atomic mass is 19.3. The minimum Gasteiger partial charge on any atom is -0.395 e. The van der Waals surface area contributed by atoms with Gasteiger partial charge in [0.05, 0.1) is 18.2 Å². The average molecular weight is 547 g/mol. The van der Waals surface area contributed by atoms with Crippen LogP contribution in [0.1, 0.15) is 83.2 Å². The summed E-state index contributed by atoms with van der Waals surface area (Å²) in [5.41, 5.74) is 0.846. The molecule has 3 saturated heterocycles. The monoisotopic (exact) mass is 546 g/mol. The number of alkyl halides is 2. The molecule has 3 atom stereocenters. The zero-order valence-electron chi connectivity index (χ0n) is 23.3. The van der Waals surface area contributed by atoms with Crippen molar-refractivity contribution in [1.29, 1.82) is 0 Å². The molecular formula is C30H44F2N4O3. The van der Waals surface area contributed by atoms with Crippen LogP contribution < -0.4 is 5.32 Å². The molecule has 9 heteroatoms. The summed E-state index contributed by atoms with van der Waals surface area (Å²) in [7, 11) is 0. The molecule has 5 rings (SSSR count). The normalized spacial score (nSPS) is 29.9. The maximum atomic E-state index is 13.7. The summed E-state index contributed by atoms with van der Waals surface area (Å²) in [5, 5.41) is 12.7. The fraction of sp³-hybridized carbons (Fsp3) is 0.733. The van der Waals surface area contributed by atoms with Crippen LogP contribution >= 0.6 is 0 Å². The number of carbonyl (C=O) groups is 2. The molecule has 3 amide bonds. The number of urea groups is 1. The van der Waals surface area contributed by atoms with Crippen molar-refractivity contribution in [3.8, 4) is 0 Å². The molecular weight excluding hydrogens is 502 g/mol. The highest BCUT2D eigenvalue weighted by Gasteiger charge is 2.57. The number of nitrogens with zero attached hydrogens (tertiary/aromatic N) is 3. The van der Waals surface area contributed by atoms with Crippen molar-refractivity contribution < 1.29 is 23.5 Å². The van der Waals surface area contributed by atoms with Crippen molar-refractivity contribution in [2.24, 2.45) is 5.92 Å². The fourth-order valence-corrected chi connectivity index (χ4v) is 7.90. The van der Waals surface area contributed by atoms with Crippen molar-refractivity contribution in [1.82, 2.24) is 20.0 Å². The molecule has 3 unspecified atom stereocenters. The second-order valence-corrected chi connectivity index (χ2v) is 12.5. The Morgan fingerprint density at radius 1 is 1.05 bits per heavy atom. The lowest BCUT2D eigenvalue weighted by atomic mass is 9.81. The van der Waals surface area contributed by atoms with Crippen LogP contribution in [0.25, 0.3) is 0 Å². The van der Waals surface area contributed by atoms with Gasteiger partial charge in [0, 0.05) is 56.5 Å². The van der Waals surface area contributed by atoms with E-state index in [0.29, 0.717) is 25.2 Å². The Kier molecular flexibility index (Phi) is 8.20. The van der Waals surface area contributed by atoms with E-state index in [4.69, 9.17) is 0 Å². The molecule has 1 spiro atoms. The van der Waals surface area contributed by atoms with Gasteiger partial charge in [-0.2, -0.15) is 0 Å². The van der Waals surface area contributed by atoms with Gasteiger partial charge in [0.2, 0.25) is 11.8 Å². The zero-order valence-corrected chi connectivity index (χ0v) is 23.3. The first kappa shape index (κ1) is 28.3. The van der Waals surface area contributed by atoms with Crippen LogP contribution in [-0.2, 0) is 4.79 Å². The number of aliphatic hydroxyl groups excluding tert-OH is 1. The Labute approximate surface area is 230 Å². The van der Waals surface area contributed by atoms with Gasteiger partial charge in [-0.3, -0.25) is 9.69 Å². The molecule has 1 saturated carbocycles. The summed E-state index contributed by atoms with van der Waals surface area (Å²) in [5.74, 6) is -3.11. The van der Waals surface area contributed by atoms with Gasteiger partial charge in [0.15, 0.2) is 0 Å². The van der Waals surface area contributed by atoms with Crippen LogP contribution in [0, 0.1) is 5.92 Å². The molecule has 3 heterocycles. The second kappa shape index (κ2) is 11.3. The van der Waals surface area contributed by atoms with Gasteiger partial charge in [0.1, 0.15) is 0 Å². The highest BCUT2D eigenvalue weighted by Crippen LogP contribution is 2.47. The molecule has 1 aliphatic carbocycles. The number of rotatable bonds is 9. The summed E-state index contributed by atoms with van der Waals surface area (Å²) in [6.07, 6.45) is 4.84. The Morgan fingerprint density at radius 3 is 2.28 bits per heavy atom. The van der Waals surface area contributed by atoms with Crippen LogP contribution in [0.5, 0.6) is 0 Å². The first-order valence-electron chi connectivity index (χ1n) is 14.8. The molecule has 3 aliphatic heterocycles. The smallest absolute Gasteiger partial charge is 0.320 e. The van der Waals surface area contributed by atoms with Gasteiger partial charge in [-0.25, -0.2) is 13.6 Å². The minimum atomic E-state index is -2.65. The maximum absolute atomic E-state index is 13.7. The van der Waals surface area contributed by atoms with Crippen molar-refractivity contribution in [3.63, 3.8) is 0 Å². The summed E-state index contributed by atoms with van der Waals surface area (Å²) in [6, 6.07) is 10.7. The number of halogens is 2. The van der Waals surface area contributed by atoms with E-state index in [2.05, 4.69) is 29.0 Å². The second-order valence-electron chi connectivity index (χ2n) is 12.5. The number of carbonyl (C=O) groups excluding carboxylic acids is 2. The Bertz CT molecular complexity index is 999. The number of β-amino-alcohol motifs (C(OH)–C–C–N with tert-alkyl or cyclic N) is 1. The maximum Gasteiger partial charge on any atom is 0.320 e. The molecule has 7 nitrogen and oxygen atoms in total. The van der Waals surface area contributed by atoms with Crippen molar-refractivity contribution in [2.75, 3.05) is 26.2 Å². The third-order valence-electron chi connectivity index (χ3n) is 9.64. The Hall–Kier alpha value is -2.26. The SMILES string of the molecule is CC(C)N1C(=O)N(CCO)CC12CC1CCC(C2)N1CCC(NC(=O)C1CCC(F)(F)CC1)c1ccccc1. The molecule has 39 heavy (non-hydrogen) atoms. The Morgan fingerprint density at radius 2 is 1.69 bits per heavy atom. The molecule has 1 aromatic carbocycles. The standard InChI is InChI=1S/C30H44F2N4O3/c1-21(2)36-28(39)34(16-17-37)20-29(36)18-24-8-9-25(19-29)35(24)15-12-26(22-6-4-3-5-7-22)33-27(38)23-10-13-30(31,32)14-11-23/h3-7,21,23-26,37H,8-20H2,1-2H3,(H,33,38). The first-order chi connectivity index (χ1) is 18.6. The van der Waals surface area contributed by atoms with Gasteiger partial charge < -0.3 is 20.2 Å². The molecule has 0 aromatic heterocycles. The lowest BCUT2D eigenvalue weighted by Gasteiger charge is -2.49. The number of aliphatic hydroxyl groups is 1. The minimum absolute atomic E-state index is 0.0252. The van der Waals surface area contributed by atoms with Crippen LogP contribution in [0.4, 0.5) is 13.6 Å². The number of nitrogens with one attached hydrogen (secondary N) is 1. The van der Waals surface area contributed by atoms with Crippen LogP contribution in [0.15, 0.2) is 30.3 Å². The third kappa shape index (κ3) is 5.80. The van der Waals surface area contributed by atoms with E-state index < -0.39 is 5.92 Å². The molecule has 0 radical (unpaired) electrons. The van der Waals surface area contributed by atoms with E-state index in [-0.39, 0.29) is 67.8 Å². The van der Waals surface area contributed by atoms with Gasteiger partial charge in [-0.15, -0.1) is 0 Å².